The molecule has 0 aliphatic carbocycles. The Morgan fingerprint density at radius 1 is 1.19 bits per heavy atom. The number of benzene rings is 2. The quantitative estimate of drug-likeness (QED) is 0.567. The van der Waals surface area contributed by atoms with Gasteiger partial charge in [0.15, 0.2) is 0 Å². The maximum absolute atomic E-state index is 11.1. The summed E-state index contributed by atoms with van der Waals surface area (Å²) in [5, 5.41) is 11.1. The first-order chi connectivity index (χ1) is 9.88. The van der Waals surface area contributed by atoms with Crippen LogP contribution in [0.2, 0.25) is 0 Å². The van der Waals surface area contributed by atoms with Gasteiger partial charge in [0, 0.05) is 16.6 Å². The highest BCUT2D eigenvalue weighted by Gasteiger charge is 2.17. The van der Waals surface area contributed by atoms with Gasteiger partial charge in [-0.25, -0.2) is 0 Å². The van der Waals surface area contributed by atoms with Crippen molar-refractivity contribution in [2.24, 2.45) is 5.73 Å². The Morgan fingerprint density at radius 3 is 2.43 bits per heavy atom. The van der Waals surface area contributed by atoms with Gasteiger partial charge in [-0.15, -0.1) is 0 Å². The lowest BCUT2D eigenvalue weighted by Crippen LogP contribution is -2.04. The van der Waals surface area contributed by atoms with Crippen LogP contribution in [0.5, 0.6) is 11.5 Å². The first-order valence-corrected chi connectivity index (χ1v) is 7.64. The van der Waals surface area contributed by atoms with E-state index in [1.807, 2.05) is 19.1 Å². The molecule has 1 atom stereocenters. The summed E-state index contributed by atoms with van der Waals surface area (Å²) in [6, 6.07) is 9.94. The average Bonchev–Trinajstić information content (AvgIpc) is 2.42. The van der Waals surface area contributed by atoms with Gasteiger partial charge in [0.25, 0.3) is 0 Å². The summed E-state index contributed by atoms with van der Waals surface area (Å²) >= 11 is 6.60. The van der Waals surface area contributed by atoms with Gasteiger partial charge in [0.05, 0.1) is 9.40 Å². The molecule has 2 N–H and O–H groups in total. The molecular weight excluding hydrogens is 404 g/mol. The highest BCUT2D eigenvalue weighted by Crippen LogP contribution is 2.37. The number of nitrogens with zero attached hydrogens (tertiary/aromatic N) is 1. The normalized spacial score (nSPS) is 12.0. The summed E-state index contributed by atoms with van der Waals surface area (Å²) < 4.78 is 6.95. The second-order valence-corrected chi connectivity index (χ2v) is 6.22. The smallest absolute Gasteiger partial charge is 0.312 e. The fourth-order valence-corrected chi connectivity index (χ4v) is 2.55. The number of nitrogens with two attached hydrogens (primary N) is 1. The van der Waals surface area contributed by atoms with Crippen molar-refractivity contribution >= 4 is 37.5 Å². The van der Waals surface area contributed by atoms with Crippen LogP contribution in [0.1, 0.15) is 18.5 Å². The Balaban J connectivity index is 2.37. The van der Waals surface area contributed by atoms with Crippen molar-refractivity contribution in [2.75, 3.05) is 0 Å². The maximum atomic E-state index is 11.1. The maximum Gasteiger partial charge on any atom is 0.312 e. The van der Waals surface area contributed by atoms with Gasteiger partial charge in [-0.2, -0.15) is 0 Å². The molecule has 5 nitrogen and oxygen atoms in total. The van der Waals surface area contributed by atoms with Crippen LogP contribution in [0.3, 0.4) is 0 Å². The van der Waals surface area contributed by atoms with Crippen molar-refractivity contribution in [1.29, 1.82) is 0 Å². The molecule has 0 radical (unpaired) electrons. The van der Waals surface area contributed by atoms with E-state index in [4.69, 9.17) is 10.5 Å². The van der Waals surface area contributed by atoms with Gasteiger partial charge in [-0.05, 0) is 52.7 Å². The van der Waals surface area contributed by atoms with Crippen molar-refractivity contribution in [3.63, 3.8) is 0 Å². The van der Waals surface area contributed by atoms with Crippen molar-refractivity contribution in [3.8, 4) is 11.5 Å². The molecule has 21 heavy (non-hydrogen) atoms. The van der Waals surface area contributed by atoms with Gasteiger partial charge in [-0.1, -0.05) is 22.0 Å². The third-order valence-corrected chi connectivity index (χ3v) is 3.93. The van der Waals surface area contributed by atoms with E-state index in [-0.39, 0.29) is 17.5 Å². The minimum absolute atomic E-state index is 0.0997. The highest BCUT2D eigenvalue weighted by atomic mass is 79.9. The average molecular weight is 416 g/mol. The molecule has 7 heteroatoms. The number of nitro groups is 1. The number of hydrogen-bond donors (Lipinski definition) is 1. The van der Waals surface area contributed by atoms with Crippen LogP contribution in [-0.4, -0.2) is 4.92 Å². The van der Waals surface area contributed by atoms with E-state index in [1.54, 1.807) is 18.2 Å². The first-order valence-electron chi connectivity index (χ1n) is 6.05. The Labute approximate surface area is 138 Å². The van der Waals surface area contributed by atoms with Crippen LogP contribution < -0.4 is 10.5 Å². The molecule has 0 fully saturated rings. The second-order valence-electron chi connectivity index (χ2n) is 4.45. The van der Waals surface area contributed by atoms with Gasteiger partial charge >= 0.3 is 5.69 Å². The van der Waals surface area contributed by atoms with Crippen molar-refractivity contribution in [3.05, 3.63) is 61.0 Å². The van der Waals surface area contributed by atoms with E-state index in [2.05, 4.69) is 31.9 Å². The molecule has 0 saturated heterocycles. The molecule has 0 bridgehead atoms. The van der Waals surface area contributed by atoms with E-state index in [0.717, 1.165) is 5.56 Å². The van der Waals surface area contributed by atoms with Crippen molar-refractivity contribution in [2.45, 2.75) is 13.0 Å². The summed E-state index contributed by atoms with van der Waals surface area (Å²) in [6.45, 7) is 1.88. The zero-order chi connectivity index (χ0) is 15.6. The zero-order valence-electron chi connectivity index (χ0n) is 11.0. The summed E-state index contributed by atoms with van der Waals surface area (Å²) in [7, 11) is 0. The molecule has 0 unspecified atom stereocenters. The molecule has 0 spiro atoms. The Kier molecular flexibility index (Phi) is 4.97. The first kappa shape index (κ1) is 15.9. The minimum Gasteiger partial charge on any atom is -0.449 e. The van der Waals surface area contributed by atoms with E-state index in [1.165, 1.54) is 6.07 Å². The predicted octanol–water partition coefficient (Wildman–Crippen LogP) is 4.93. The summed E-state index contributed by atoms with van der Waals surface area (Å²) in [5.74, 6) is 0.669. The van der Waals surface area contributed by atoms with E-state index in [9.17, 15) is 10.1 Å². The topological polar surface area (TPSA) is 78.4 Å². The number of ether oxygens (including phenoxy) is 1. The number of nitro benzene ring substituents is 1. The molecule has 0 aromatic heterocycles. The molecular formula is C14H12Br2N2O3. The standard InChI is InChI=1S/C14H12Br2N2O3/c1-8(17)9-2-4-13(11(16)6-9)21-14-5-3-10(15)7-12(14)18(19)20/h2-8H,17H2,1H3/t8-/m1/s1. The minimum atomic E-state index is -0.482. The lowest BCUT2D eigenvalue weighted by atomic mass is 10.1. The molecule has 2 aromatic carbocycles. The summed E-state index contributed by atoms with van der Waals surface area (Å²) in [4.78, 5) is 10.6. The molecule has 0 heterocycles. The van der Waals surface area contributed by atoms with Gasteiger partial charge in [-0.3, -0.25) is 10.1 Å². The van der Waals surface area contributed by atoms with Crippen molar-refractivity contribution in [1.82, 2.24) is 0 Å². The molecule has 0 saturated carbocycles. The fraction of sp³-hybridized carbons (Fsp3) is 0.143. The lowest BCUT2D eigenvalue weighted by Gasteiger charge is -2.11. The second kappa shape index (κ2) is 6.55. The third kappa shape index (κ3) is 3.81. The van der Waals surface area contributed by atoms with Gasteiger partial charge in [0.1, 0.15) is 5.75 Å². The van der Waals surface area contributed by atoms with Crippen LogP contribution in [0.25, 0.3) is 0 Å². The van der Waals surface area contributed by atoms with Crippen LogP contribution in [0.15, 0.2) is 45.3 Å². The van der Waals surface area contributed by atoms with Crippen LogP contribution >= 0.6 is 31.9 Å². The Morgan fingerprint density at radius 2 is 1.86 bits per heavy atom. The molecule has 110 valence electrons. The monoisotopic (exact) mass is 414 g/mol. The fourth-order valence-electron chi connectivity index (χ4n) is 1.72. The van der Waals surface area contributed by atoms with Crippen LogP contribution in [0, 0.1) is 10.1 Å². The number of hydrogen-bond acceptors (Lipinski definition) is 4. The largest absolute Gasteiger partial charge is 0.449 e. The molecule has 0 aliphatic rings. The van der Waals surface area contributed by atoms with E-state index < -0.39 is 4.92 Å². The number of rotatable bonds is 4. The Bertz CT molecular complexity index is 690. The molecule has 0 amide bonds. The Hall–Kier alpha value is -1.44. The van der Waals surface area contributed by atoms with Crippen molar-refractivity contribution < 1.29 is 9.66 Å². The molecule has 0 aliphatic heterocycles. The van der Waals surface area contributed by atoms with Gasteiger partial charge < -0.3 is 10.5 Å². The molecule has 2 rings (SSSR count). The van der Waals surface area contributed by atoms with Gasteiger partial charge in [0.2, 0.25) is 5.75 Å². The van der Waals surface area contributed by atoms with E-state index >= 15 is 0 Å². The highest BCUT2D eigenvalue weighted by molar-refractivity contribution is 9.10. The third-order valence-electron chi connectivity index (χ3n) is 2.82. The summed E-state index contributed by atoms with van der Waals surface area (Å²) in [5.41, 5.74) is 6.65. The molecule has 2 aromatic rings. The summed E-state index contributed by atoms with van der Waals surface area (Å²) in [6.07, 6.45) is 0. The van der Waals surface area contributed by atoms with Crippen LogP contribution in [0.4, 0.5) is 5.69 Å². The SMILES string of the molecule is C[C@@H](N)c1ccc(Oc2ccc(Br)cc2[N+](=O)[O-])c(Br)c1. The number of halogens is 2. The van der Waals surface area contributed by atoms with E-state index in [0.29, 0.717) is 14.7 Å². The predicted molar refractivity (Wildman–Crippen MR) is 87.6 cm³/mol. The van der Waals surface area contributed by atoms with Crippen LogP contribution in [-0.2, 0) is 0 Å². The zero-order valence-corrected chi connectivity index (χ0v) is 14.2. The lowest BCUT2D eigenvalue weighted by molar-refractivity contribution is -0.385.